The van der Waals surface area contributed by atoms with Gasteiger partial charge in [-0.3, -0.25) is 4.98 Å². The molecule has 3 aromatic rings. The van der Waals surface area contributed by atoms with Crippen molar-refractivity contribution in [2.24, 2.45) is 0 Å². The molecule has 1 N–H and O–H groups in total. The van der Waals surface area contributed by atoms with Gasteiger partial charge in [-0.15, -0.1) is 0 Å². The van der Waals surface area contributed by atoms with Crippen LogP contribution < -0.4 is 4.74 Å². The first-order valence-electron chi connectivity index (χ1n) is 6.00. The van der Waals surface area contributed by atoms with E-state index in [9.17, 15) is 5.11 Å². The Bertz CT molecular complexity index is 771. The minimum absolute atomic E-state index is 0.0514. The predicted octanol–water partition coefficient (Wildman–Crippen LogP) is 3.28. The van der Waals surface area contributed by atoms with Gasteiger partial charge in [0.2, 0.25) is 5.82 Å². The Labute approximate surface area is 128 Å². The van der Waals surface area contributed by atoms with Crippen LogP contribution in [0.3, 0.4) is 0 Å². The molecule has 0 bridgehead atoms. The number of phenols is 1. The Kier molecular flexibility index (Phi) is 3.57. The van der Waals surface area contributed by atoms with E-state index in [4.69, 9.17) is 9.26 Å². The summed E-state index contributed by atoms with van der Waals surface area (Å²) in [5.41, 5.74) is 1.26. The third-order valence-corrected chi connectivity index (χ3v) is 3.28. The quantitative estimate of drug-likeness (QED) is 0.782. The Balaban J connectivity index is 1.96. The van der Waals surface area contributed by atoms with Gasteiger partial charge in [0, 0.05) is 16.2 Å². The maximum absolute atomic E-state index is 9.58. The molecule has 7 heteroatoms. The van der Waals surface area contributed by atoms with Crippen LogP contribution in [0.1, 0.15) is 0 Å². The van der Waals surface area contributed by atoms with Crippen molar-refractivity contribution >= 4 is 15.9 Å². The van der Waals surface area contributed by atoms with Gasteiger partial charge < -0.3 is 14.4 Å². The van der Waals surface area contributed by atoms with Crippen LogP contribution in [0.2, 0.25) is 0 Å². The molecule has 2 heterocycles. The fraction of sp³-hybridized carbons (Fsp3) is 0.0714. The van der Waals surface area contributed by atoms with Crippen molar-refractivity contribution in [1.29, 1.82) is 0 Å². The average Bonchev–Trinajstić information content (AvgIpc) is 2.98. The van der Waals surface area contributed by atoms with Crippen LogP contribution in [-0.4, -0.2) is 27.3 Å². The number of hydrogen-bond donors (Lipinski definition) is 1. The number of rotatable bonds is 3. The van der Waals surface area contributed by atoms with Crippen molar-refractivity contribution < 1.29 is 14.4 Å². The largest absolute Gasteiger partial charge is 0.504 e. The summed E-state index contributed by atoms with van der Waals surface area (Å²) in [4.78, 5) is 8.50. The van der Waals surface area contributed by atoms with E-state index in [0.29, 0.717) is 28.7 Å². The Morgan fingerprint density at radius 2 is 2.10 bits per heavy atom. The van der Waals surface area contributed by atoms with Crippen molar-refractivity contribution in [3.8, 4) is 34.5 Å². The molecule has 2 aromatic heterocycles. The number of aromatic hydroxyl groups is 1. The van der Waals surface area contributed by atoms with E-state index < -0.39 is 0 Å². The fourth-order valence-corrected chi connectivity index (χ4v) is 2.00. The van der Waals surface area contributed by atoms with Gasteiger partial charge in [-0.25, -0.2) is 0 Å². The molecule has 0 aliphatic heterocycles. The summed E-state index contributed by atoms with van der Waals surface area (Å²) in [5.74, 6) is 1.11. The number of halogens is 1. The zero-order valence-corrected chi connectivity index (χ0v) is 12.5. The zero-order valence-electron chi connectivity index (χ0n) is 10.9. The molecule has 0 saturated carbocycles. The number of phenolic OH excluding ortho intramolecular Hbond substituents is 1. The number of methoxy groups -OCH3 is 1. The summed E-state index contributed by atoms with van der Waals surface area (Å²) in [7, 11) is 1.48. The highest BCUT2D eigenvalue weighted by Gasteiger charge is 2.13. The molecule has 1 aromatic carbocycles. The molecule has 21 heavy (non-hydrogen) atoms. The third-order valence-electron chi connectivity index (χ3n) is 2.81. The Morgan fingerprint density at radius 1 is 1.24 bits per heavy atom. The highest BCUT2D eigenvalue weighted by atomic mass is 79.9. The van der Waals surface area contributed by atoms with Crippen LogP contribution in [0.25, 0.3) is 23.0 Å². The lowest BCUT2D eigenvalue weighted by atomic mass is 10.2. The van der Waals surface area contributed by atoms with Gasteiger partial charge in [0.1, 0.15) is 5.69 Å². The number of benzene rings is 1. The van der Waals surface area contributed by atoms with E-state index >= 15 is 0 Å². The highest BCUT2D eigenvalue weighted by molar-refractivity contribution is 9.10. The average molecular weight is 348 g/mol. The zero-order chi connectivity index (χ0) is 14.8. The minimum Gasteiger partial charge on any atom is -0.504 e. The van der Waals surface area contributed by atoms with E-state index in [0.717, 1.165) is 4.47 Å². The maximum atomic E-state index is 9.58. The second kappa shape index (κ2) is 5.53. The van der Waals surface area contributed by atoms with Crippen LogP contribution in [0, 0.1) is 0 Å². The molecule has 0 aliphatic rings. The second-order valence-corrected chi connectivity index (χ2v) is 5.09. The van der Waals surface area contributed by atoms with Crippen LogP contribution in [0.15, 0.2) is 45.5 Å². The van der Waals surface area contributed by atoms with Crippen molar-refractivity contribution in [3.63, 3.8) is 0 Å². The molecule has 0 radical (unpaired) electrons. The van der Waals surface area contributed by atoms with Gasteiger partial charge in [0.25, 0.3) is 5.89 Å². The van der Waals surface area contributed by atoms with Crippen molar-refractivity contribution in [2.75, 3.05) is 7.11 Å². The van der Waals surface area contributed by atoms with Gasteiger partial charge in [-0.2, -0.15) is 4.98 Å². The van der Waals surface area contributed by atoms with Crippen LogP contribution >= 0.6 is 15.9 Å². The molecule has 0 unspecified atom stereocenters. The van der Waals surface area contributed by atoms with Gasteiger partial charge in [-0.05, 0) is 46.3 Å². The van der Waals surface area contributed by atoms with E-state index in [2.05, 4.69) is 31.1 Å². The van der Waals surface area contributed by atoms with E-state index in [1.54, 1.807) is 24.4 Å². The van der Waals surface area contributed by atoms with E-state index in [-0.39, 0.29) is 5.75 Å². The van der Waals surface area contributed by atoms with Gasteiger partial charge in [-0.1, -0.05) is 5.16 Å². The number of hydrogen-bond acceptors (Lipinski definition) is 6. The van der Waals surface area contributed by atoms with Crippen molar-refractivity contribution in [2.45, 2.75) is 0 Å². The lowest BCUT2D eigenvalue weighted by Crippen LogP contribution is -1.86. The molecule has 0 fully saturated rings. The molecule has 0 saturated heterocycles. The lowest BCUT2D eigenvalue weighted by Gasteiger charge is -2.03. The van der Waals surface area contributed by atoms with Crippen molar-refractivity contribution in [3.05, 3.63) is 41.0 Å². The fourth-order valence-electron chi connectivity index (χ4n) is 1.76. The maximum Gasteiger partial charge on any atom is 0.258 e. The Hall–Kier alpha value is -2.41. The third kappa shape index (κ3) is 2.73. The second-order valence-electron chi connectivity index (χ2n) is 4.17. The summed E-state index contributed by atoms with van der Waals surface area (Å²) in [6, 6.07) is 8.44. The molecule has 0 spiro atoms. The van der Waals surface area contributed by atoms with E-state index in [1.165, 1.54) is 13.2 Å². The molecule has 106 valence electrons. The molecule has 0 aliphatic carbocycles. The summed E-state index contributed by atoms with van der Waals surface area (Å²) in [6.45, 7) is 0. The lowest BCUT2D eigenvalue weighted by molar-refractivity contribution is 0.373. The van der Waals surface area contributed by atoms with Crippen molar-refractivity contribution in [1.82, 2.24) is 15.1 Å². The summed E-state index contributed by atoms with van der Waals surface area (Å²) in [6.07, 6.45) is 1.66. The molecular formula is C14H10BrN3O3. The molecule has 0 atom stereocenters. The smallest absolute Gasteiger partial charge is 0.258 e. The number of nitrogens with zero attached hydrogens (tertiary/aromatic N) is 3. The molecule has 6 nitrogen and oxygen atoms in total. The molecule has 0 amide bonds. The monoisotopic (exact) mass is 347 g/mol. The first-order valence-corrected chi connectivity index (χ1v) is 6.79. The van der Waals surface area contributed by atoms with Gasteiger partial charge >= 0.3 is 0 Å². The Morgan fingerprint density at radius 3 is 2.81 bits per heavy atom. The first kappa shape index (κ1) is 13.6. The van der Waals surface area contributed by atoms with Crippen LogP contribution in [-0.2, 0) is 0 Å². The van der Waals surface area contributed by atoms with Gasteiger partial charge in [0.15, 0.2) is 11.5 Å². The SMILES string of the molecule is COc1cc(-c2nc(-c3ccc(Br)cn3)no2)ccc1O. The normalized spacial score (nSPS) is 10.6. The first-order chi connectivity index (χ1) is 10.2. The summed E-state index contributed by atoms with van der Waals surface area (Å²) in [5, 5.41) is 13.5. The summed E-state index contributed by atoms with van der Waals surface area (Å²) < 4.78 is 11.2. The topological polar surface area (TPSA) is 81.3 Å². The summed E-state index contributed by atoms with van der Waals surface area (Å²) >= 11 is 3.32. The standard InChI is InChI=1S/C14H10BrN3O3/c1-20-12-6-8(2-5-11(12)19)14-17-13(18-21-14)10-4-3-9(15)7-16-10/h2-7,19H,1H3. The van der Waals surface area contributed by atoms with Crippen LogP contribution in [0.5, 0.6) is 11.5 Å². The van der Waals surface area contributed by atoms with Crippen LogP contribution in [0.4, 0.5) is 0 Å². The highest BCUT2D eigenvalue weighted by Crippen LogP contribution is 2.31. The molecule has 3 rings (SSSR count). The van der Waals surface area contributed by atoms with Gasteiger partial charge in [0.05, 0.1) is 7.11 Å². The number of aromatic nitrogens is 3. The predicted molar refractivity (Wildman–Crippen MR) is 78.9 cm³/mol. The minimum atomic E-state index is 0.0514. The van der Waals surface area contributed by atoms with E-state index in [1.807, 2.05) is 6.07 Å². The number of pyridine rings is 1. The molecular weight excluding hydrogens is 338 g/mol. The number of ether oxygens (including phenoxy) is 1.